The van der Waals surface area contributed by atoms with Gasteiger partial charge in [-0.25, -0.2) is 4.79 Å². The molecule has 184 valence electrons. The molecule has 6 rings (SSSR count). The van der Waals surface area contributed by atoms with E-state index in [0.29, 0.717) is 35.0 Å². The van der Waals surface area contributed by atoms with Gasteiger partial charge in [-0.1, -0.05) is 60.7 Å². The highest BCUT2D eigenvalue weighted by molar-refractivity contribution is 7.11. The second-order valence-corrected chi connectivity index (χ2v) is 9.54. The fraction of sp³-hybridized carbons (Fsp3) is 0.103. The maximum atomic E-state index is 12.9. The van der Waals surface area contributed by atoms with E-state index >= 15 is 0 Å². The van der Waals surface area contributed by atoms with Crippen molar-refractivity contribution in [3.63, 3.8) is 0 Å². The number of anilines is 1. The van der Waals surface area contributed by atoms with Crippen LogP contribution in [0.4, 0.5) is 5.69 Å². The Morgan fingerprint density at radius 2 is 1.84 bits per heavy atom. The Hall–Kier alpha value is -4.56. The van der Waals surface area contributed by atoms with Crippen molar-refractivity contribution in [1.82, 2.24) is 0 Å². The van der Waals surface area contributed by atoms with Gasteiger partial charge >= 0.3 is 5.97 Å². The number of carboxylic acid groups (broad SMARTS) is 1. The third-order valence-electron chi connectivity index (χ3n) is 6.19. The Labute approximate surface area is 215 Å². The number of carboxylic acids is 1. The minimum atomic E-state index is -1.14. The lowest BCUT2D eigenvalue weighted by atomic mass is 10.1. The number of nitrogens with one attached hydrogen (secondary N) is 1. The van der Waals surface area contributed by atoms with E-state index in [-0.39, 0.29) is 17.0 Å². The van der Waals surface area contributed by atoms with Crippen LogP contribution in [0, 0.1) is 0 Å². The molecule has 0 bridgehead atoms. The smallest absolute Gasteiger partial charge is 0.339 e. The number of para-hydroxylation sites is 2. The van der Waals surface area contributed by atoms with Crippen LogP contribution < -0.4 is 14.8 Å². The maximum absolute atomic E-state index is 12.9. The number of benzene rings is 3. The molecule has 1 atom stereocenters. The van der Waals surface area contributed by atoms with Crippen LogP contribution in [0.15, 0.2) is 88.7 Å². The highest BCUT2D eigenvalue weighted by atomic mass is 32.1. The summed E-state index contributed by atoms with van der Waals surface area (Å²) in [6.45, 7) is 0.392. The molecule has 37 heavy (non-hydrogen) atoms. The van der Waals surface area contributed by atoms with Gasteiger partial charge in [-0.05, 0) is 23.8 Å². The monoisotopic (exact) mass is 511 g/mol. The number of hydrogen-bond acceptors (Lipinski definition) is 6. The average Bonchev–Trinajstić information content (AvgIpc) is 3.64. The van der Waals surface area contributed by atoms with E-state index in [9.17, 15) is 14.7 Å². The Balaban J connectivity index is 1.23. The lowest BCUT2D eigenvalue weighted by molar-refractivity contribution is 0.0694. The van der Waals surface area contributed by atoms with Crippen molar-refractivity contribution in [3.05, 3.63) is 112 Å². The van der Waals surface area contributed by atoms with E-state index in [4.69, 9.17) is 13.9 Å². The molecule has 3 aromatic carbocycles. The molecular formula is C29H21NO6S. The van der Waals surface area contributed by atoms with Crippen LogP contribution in [0.25, 0.3) is 11.0 Å². The van der Waals surface area contributed by atoms with Crippen LogP contribution >= 0.6 is 11.3 Å². The first-order valence-corrected chi connectivity index (χ1v) is 12.5. The third kappa shape index (κ3) is 4.43. The maximum Gasteiger partial charge on any atom is 0.339 e. The summed E-state index contributed by atoms with van der Waals surface area (Å²) in [7, 11) is 0. The molecule has 3 heterocycles. The summed E-state index contributed by atoms with van der Waals surface area (Å²) in [6.07, 6.45) is -0.0141. The van der Waals surface area contributed by atoms with E-state index in [1.807, 2.05) is 66.7 Å². The van der Waals surface area contributed by atoms with Crippen LogP contribution in [-0.4, -0.2) is 17.0 Å². The zero-order chi connectivity index (χ0) is 25.4. The predicted octanol–water partition coefficient (Wildman–Crippen LogP) is 6.70. The van der Waals surface area contributed by atoms with E-state index in [0.717, 1.165) is 16.5 Å². The zero-order valence-corrected chi connectivity index (χ0v) is 20.3. The molecule has 1 amide bonds. The van der Waals surface area contributed by atoms with Gasteiger partial charge in [-0.2, -0.15) is 0 Å². The van der Waals surface area contributed by atoms with Crippen molar-refractivity contribution in [3.8, 4) is 11.5 Å². The van der Waals surface area contributed by atoms with Gasteiger partial charge in [-0.15, -0.1) is 11.3 Å². The number of fused-ring (bicyclic) bond motifs is 2. The topological polar surface area (TPSA) is 98.0 Å². The van der Waals surface area contributed by atoms with Gasteiger partial charge in [0.25, 0.3) is 5.91 Å². The lowest BCUT2D eigenvalue weighted by Crippen LogP contribution is -2.15. The van der Waals surface area contributed by atoms with Gasteiger partial charge in [0.15, 0.2) is 17.3 Å². The second-order valence-electron chi connectivity index (χ2n) is 8.63. The number of thiophene rings is 1. The molecule has 0 saturated heterocycles. The molecule has 1 aliphatic rings. The zero-order valence-electron chi connectivity index (χ0n) is 19.5. The first-order valence-electron chi connectivity index (χ1n) is 11.7. The highest BCUT2D eigenvalue weighted by Gasteiger charge is 2.33. The first-order chi connectivity index (χ1) is 18.1. The molecule has 8 heteroatoms. The molecule has 5 aromatic rings. The number of hydrogen-bond donors (Lipinski definition) is 2. The summed E-state index contributed by atoms with van der Waals surface area (Å²) in [5.74, 6) is -0.335. The number of aromatic carboxylic acids is 1. The van der Waals surface area contributed by atoms with Crippen molar-refractivity contribution < 1.29 is 28.6 Å². The molecular weight excluding hydrogens is 490 g/mol. The quantitative estimate of drug-likeness (QED) is 0.252. The van der Waals surface area contributed by atoms with Crippen molar-refractivity contribution in [2.75, 3.05) is 5.32 Å². The molecule has 0 fully saturated rings. The Kier molecular flexibility index (Phi) is 5.86. The fourth-order valence-electron chi connectivity index (χ4n) is 4.43. The Bertz CT molecular complexity index is 1590. The molecule has 1 aliphatic heterocycles. The Morgan fingerprint density at radius 1 is 1.03 bits per heavy atom. The van der Waals surface area contributed by atoms with Crippen molar-refractivity contribution in [2.45, 2.75) is 19.1 Å². The Morgan fingerprint density at radius 3 is 2.65 bits per heavy atom. The summed E-state index contributed by atoms with van der Waals surface area (Å²) in [5.41, 5.74) is 2.77. The minimum Gasteiger partial charge on any atom is -0.485 e. The average molecular weight is 512 g/mol. The van der Waals surface area contributed by atoms with Crippen LogP contribution in [0.1, 0.15) is 43.0 Å². The van der Waals surface area contributed by atoms with Gasteiger partial charge in [0.1, 0.15) is 23.9 Å². The second kappa shape index (κ2) is 9.48. The molecule has 2 N–H and O–H groups in total. The number of rotatable bonds is 7. The molecule has 0 radical (unpaired) electrons. The van der Waals surface area contributed by atoms with Crippen LogP contribution in [0.5, 0.6) is 11.5 Å². The van der Waals surface area contributed by atoms with Crippen LogP contribution in [-0.2, 0) is 13.0 Å². The van der Waals surface area contributed by atoms with Gasteiger partial charge in [0.2, 0.25) is 0 Å². The van der Waals surface area contributed by atoms with Gasteiger partial charge in [0.05, 0.1) is 10.6 Å². The van der Waals surface area contributed by atoms with Crippen LogP contribution in [0.3, 0.4) is 0 Å². The largest absolute Gasteiger partial charge is 0.485 e. The number of carbonyl (C=O) groups is 2. The normalized spacial score (nSPS) is 14.2. The lowest BCUT2D eigenvalue weighted by Gasteiger charge is -2.13. The van der Waals surface area contributed by atoms with E-state index < -0.39 is 18.0 Å². The summed E-state index contributed by atoms with van der Waals surface area (Å²) in [4.78, 5) is 25.7. The fourth-order valence-corrected chi connectivity index (χ4v) is 5.45. The molecule has 0 spiro atoms. The van der Waals surface area contributed by atoms with Crippen molar-refractivity contribution in [1.29, 1.82) is 0 Å². The number of amides is 1. The van der Waals surface area contributed by atoms with E-state index in [2.05, 4.69) is 5.32 Å². The van der Waals surface area contributed by atoms with E-state index in [1.54, 1.807) is 17.5 Å². The van der Waals surface area contributed by atoms with Crippen molar-refractivity contribution in [2.24, 2.45) is 0 Å². The molecule has 2 aromatic heterocycles. The summed E-state index contributed by atoms with van der Waals surface area (Å²) in [6, 6.07) is 24.4. The minimum absolute atomic E-state index is 0.0130. The summed E-state index contributed by atoms with van der Waals surface area (Å²) in [5, 5.41) is 15.1. The standard InChI is InChI=1S/C29H21NO6S/c31-28(24-13-18-9-4-5-11-21(18)35-24)30-20-16-37-27(25(20)29(32)33)23-14-19-10-6-12-22(26(19)36-23)34-15-17-7-2-1-3-8-17/h1-13,16,23H,14-15H2,(H,30,31)(H,32,33). The molecule has 0 saturated carbocycles. The molecule has 0 aliphatic carbocycles. The third-order valence-corrected chi connectivity index (χ3v) is 7.26. The first kappa shape index (κ1) is 22.9. The molecule has 1 unspecified atom stereocenters. The predicted molar refractivity (Wildman–Crippen MR) is 140 cm³/mol. The summed E-state index contributed by atoms with van der Waals surface area (Å²) >= 11 is 1.24. The molecule has 7 nitrogen and oxygen atoms in total. The summed E-state index contributed by atoms with van der Waals surface area (Å²) < 4.78 is 17.9. The van der Waals surface area contributed by atoms with Gasteiger partial charge in [0, 0.05) is 22.8 Å². The van der Waals surface area contributed by atoms with Gasteiger partial charge in [-0.3, -0.25) is 4.79 Å². The van der Waals surface area contributed by atoms with E-state index in [1.165, 1.54) is 11.3 Å². The highest BCUT2D eigenvalue weighted by Crippen LogP contribution is 2.46. The van der Waals surface area contributed by atoms with Crippen LogP contribution in [0.2, 0.25) is 0 Å². The van der Waals surface area contributed by atoms with Gasteiger partial charge < -0.3 is 24.3 Å². The number of ether oxygens (including phenoxy) is 2. The number of furan rings is 1. The SMILES string of the molecule is O=C(Nc1csc(C2Cc3cccc(OCc4ccccc4)c3O2)c1C(=O)O)c1cc2ccccc2o1. The van der Waals surface area contributed by atoms with Crippen molar-refractivity contribution >= 4 is 39.9 Å². The number of carbonyl (C=O) groups excluding carboxylic acids is 1.